The first-order chi connectivity index (χ1) is 9.21. The zero-order valence-corrected chi connectivity index (χ0v) is 13.0. The molecule has 0 unspecified atom stereocenters. The van der Waals surface area contributed by atoms with Crippen molar-refractivity contribution >= 4 is 15.9 Å². The lowest BCUT2D eigenvalue weighted by molar-refractivity contribution is -0.0206. The van der Waals surface area contributed by atoms with E-state index in [0.29, 0.717) is 5.54 Å². The van der Waals surface area contributed by atoms with E-state index in [9.17, 15) is 0 Å². The minimum atomic E-state index is 0.483. The van der Waals surface area contributed by atoms with Gasteiger partial charge in [0.05, 0.1) is 0 Å². The molecule has 102 valence electrons. The molecule has 0 spiro atoms. The Morgan fingerprint density at radius 1 is 1.05 bits per heavy atom. The van der Waals surface area contributed by atoms with Gasteiger partial charge in [0.2, 0.25) is 0 Å². The molecule has 2 heteroatoms. The molecule has 19 heavy (non-hydrogen) atoms. The first kappa shape index (κ1) is 12.4. The molecule has 0 aliphatic heterocycles. The standard InChI is InChI=1S/C17H22BrN/c18-16-3-1-2-12(7-16)11-19-17-8-13-4-14(9-17)6-15(5-13)10-17/h1-3,7,13-15,19H,4-6,8-11H2. The number of benzene rings is 1. The summed E-state index contributed by atoms with van der Waals surface area (Å²) >= 11 is 3.57. The van der Waals surface area contributed by atoms with Gasteiger partial charge in [0.15, 0.2) is 0 Å². The molecule has 4 fully saturated rings. The third kappa shape index (κ3) is 2.38. The highest BCUT2D eigenvalue weighted by atomic mass is 79.9. The first-order valence-corrected chi connectivity index (χ1v) is 8.50. The van der Waals surface area contributed by atoms with Gasteiger partial charge in [-0.25, -0.2) is 0 Å². The summed E-state index contributed by atoms with van der Waals surface area (Å²) in [5.74, 6) is 3.09. The van der Waals surface area contributed by atoms with E-state index in [-0.39, 0.29) is 0 Å². The highest BCUT2D eigenvalue weighted by molar-refractivity contribution is 9.10. The van der Waals surface area contributed by atoms with Gasteiger partial charge in [-0.3, -0.25) is 0 Å². The van der Waals surface area contributed by atoms with Crippen molar-refractivity contribution in [3.63, 3.8) is 0 Å². The molecule has 4 bridgehead atoms. The fourth-order valence-electron chi connectivity index (χ4n) is 5.26. The minimum absolute atomic E-state index is 0.483. The van der Waals surface area contributed by atoms with Crippen LogP contribution in [0.2, 0.25) is 0 Å². The Morgan fingerprint density at radius 3 is 2.26 bits per heavy atom. The van der Waals surface area contributed by atoms with Crippen molar-refractivity contribution in [1.29, 1.82) is 0 Å². The van der Waals surface area contributed by atoms with Crippen LogP contribution in [0.3, 0.4) is 0 Å². The topological polar surface area (TPSA) is 12.0 Å². The summed E-state index contributed by atoms with van der Waals surface area (Å²) in [6, 6.07) is 8.72. The van der Waals surface area contributed by atoms with Crippen LogP contribution in [0.1, 0.15) is 44.1 Å². The Hall–Kier alpha value is -0.340. The summed E-state index contributed by atoms with van der Waals surface area (Å²) in [4.78, 5) is 0. The Morgan fingerprint density at radius 2 is 1.68 bits per heavy atom. The third-order valence-corrected chi connectivity index (χ3v) is 6.09. The van der Waals surface area contributed by atoms with Crippen molar-refractivity contribution in [2.75, 3.05) is 0 Å². The van der Waals surface area contributed by atoms with Crippen LogP contribution in [0.25, 0.3) is 0 Å². The summed E-state index contributed by atoms with van der Waals surface area (Å²) in [6.45, 7) is 1.03. The number of hydrogen-bond donors (Lipinski definition) is 1. The van der Waals surface area contributed by atoms with E-state index in [1.54, 1.807) is 0 Å². The Balaban J connectivity index is 1.48. The Bertz CT molecular complexity index is 447. The van der Waals surface area contributed by atoms with Gasteiger partial charge in [-0.15, -0.1) is 0 Å². The monoisotopic (exact) mass is 319 g/mol. The molecule has 0 aromatic heterocycles. The minimum Gasteiger partial charge on any atom is -0.307 e. The third-order valence-electron chi connectivity index (χ3n) is 5.59. The summed E-state index contributed by atoms with van der Waals surface area (Å²) in [5, 5.41) is 3.95. The van der Waals surface area contributed by atoms with Gasteiger partial charge in [-0.05, 0) is 74.0 Å². The van der Waals surface area contributed by atoms with E-state index in [4.69, 9.17) is 0 Å². The zero-order valence-electron chi connectivity index (χ0n) is 11.4. The van der Waals surface area contributed by atoms with Gasteiger partial charge >= 0.3 is 0 Å². The first-order valence-electron chi connectivity index (χ1n) is 7.70. The molecule has 1 aromatic carbocycles. The van der Waals surface area contributed by atoms with Gasteiger partial charge in [0.1, 0.15) is 0 Å². The maximum atomic E-state index is 3.95. The van der Waals surface area contributed by atoms with Crippen LogP contribution >= 0.6 is 15.9 Å². The fraction of sp³-hybridized carbons (Fsp3) is 0.647. The molecular weight excluding hydrogens is 298 g/mol. The van der Waals surface area contributed by atoms with Crippen LogP contribution < -0.4 is 5.32 Å². The van der Waals surface area contributed by atoms with Crippen molar-refractivity contribution in [3.8, 4) is 0 Å². The van der Waals surface area contributed by atoms with E-state index < -0.39 is 0 Å². The summed E-state index contributed by atoms with van der Waals surface area (Å²) < 4.78 is 1.19. The van der Waals surface area contributed by atoms with Crippen LogP contribution in [0.4, 0.5) is 0 Å². The molecule has 4 aliphatic carbocycles. The van der Waals surface area contributed by atoms with Crippen molar-refractivity contribution in [2.24, 2.45) is 17.8 Å². The smallest absolute Gasteiger partial charge is 0.0211 e. The highest BCUT2D eigenvalue weighted by Gasteiger charge is 2.50. The van der Waals surface area contributed by atoms with Crippen molar-refractivity contribution in [3.05, 3.63) is 34.3 Å². The van der Waals surface area contributed by atoms with Gasteiger partial charge < -0.3 is 5.32 Å². The van der Waals surface area contributed by atoms with Crippen molar-refractivity contribution in [2.45, 2.75) is 50.6 Å². The summed E-state index contributed by atoms with van der Waals surface area (Å²) in [7, 11) is 0. The maximum Gasteiger partial charge on any atom is 0.0211 e. The number of hydrogen-bond acceptors (Lipinski definition) is 1. The van der Waals surface area contributed by atoms with Crippen molar-refractivity contribution in [1.82, 2.24) is 5.32 Å². The van der Waals surface area contributed by atoms with Gasteiger partial charge in [0.25, 0.3) is 0 Å². The van der Waals surface area contributed by atoms with Crippen LogP contribution in [0, 0.1) is 17.8 Å². The van der Waals surface area contributed by atoms with Gasteiger partial charge in [-0.1, -0.05) is 28.1 Å². The lowest BCUT2D eigenvalue weighted by Crippen LogP contribution is -2.58. The second-order valence-electron chi connectivity index (χ2n) is 7.18. The molecule has 1 N–H and O–H groups in total. The summed E-state index contributed by atoms with van der Waals surface area (Å²) in [6.07, 6.45) is 8.89. The van der Waals surface area contributed by atoms with Gasteiger partial charge in [-0.2, -0.15) is 0 Å². The van der Waals surface area contributed by atoms with Crippen molar-refractivity contribution < 1.29 is 0 Å². The second kappa shape index (κ2) is 4.60. The predicted molar refractivity (Wildman–Crippen MR) is 81.9 cm³/mol. The average Bonchev–Trinajstić information content (AvgIpc) is 2.35. The lowest BCUT2D eigenvalue weighted by atomic mass is 9.53. The molecule has 4 saturated carbocycles. The van der Waals surface area contributed by atoms with E-state index in [2.05, 4.69) is 45.5 Å². The normalized spacial score (nSPS) is 39.7. The molecule has 0 atom stereocenters. The number of rotatable bonds is 3. The SMILES string of the molecule is Brc1cccc(CNC23CC4CC(CC(C4)C2)C3)c1. The zero-order chi connectivity index (χ0) is 12.9. The maximum absolute atomic E-state index is 3.95. The van der Waals surface area contributed by atoms with Crippen LogP contribution in [-0.4, -0.2) is 5.54 Å². The number of halogens is 1. The largest absolute Gasteiger partial charge is 0.307 e. The van der Waals surface area contributed by atoms with Crippen LogP contribution in [0.5, 0.6) is 0 Å². The average molecular weight is 320 g/mol. The molecule has 0 amide bonds. The van der Waals surface area contributed by atoms with E-state index in [1.165, 1.54) is 48.6 Å². The molecule has 0 saturated heterocycles. The Labute approximate surface area is 124 Å². The molecule has 5 rings (SSSR count). The molecule has 0 radical (unpaired) electrons. The van der Waals surface area contributed by atoms with Gasteiger partial charge in [0, 0.05) is 16.6 Å². The molecule has 4 aliphatic rings. The Kier molecular flexibility index (Phi) is 3.00. The highest BCUT2D eigenvalue weighted by Crippen LogP contribution is 2.55. The fourth-order valence-corrected chi connectivity index (χ4v) is 5.71. The van der Waals surface area contributed by atoms with E-state index in [1.807, 2.05) is 0 Å². The predicted octanol–water partition coefficient (Wildman–Crippen LogP) is 4.51. The molecule has 1 nitrogen and oxygen atoms in total. The quantitative estimate of drug-likeness (QED) is 0.864. The van der Waals surface area contributed by atoms with Crippen LogP contribution in [0.15, 0.2) is 28.7 Å². The molecular formula is C17H22BrN. The lowest BCUT2D eigenvalue weighted by Gasteiger charge is -2.57. The van der Waals surface area contributed by atoms with Crippen LogP contribution in [-0.2, 0) is 6.54 Å². The summed E-state index contributed by atoms with van der Waals surface area (Å²) in [5.41, 5.74) is 1.89. The van der Waals surface area contributed by atoms with E-state index >= 15 is 0 Å². The molecule has 0 heterocycles. The second-order valence-corrected chi connectivity index (χ2v) is 8.10. The molecule has 1 aromatic rings. The number of nitrogens with one attached hydrogen (secondary N) is 1. The van der Waals surface area contributed by atoms with E-state index in [0.717, 1.165) is 24.3 Å².